The highest BCUT2D eigenvalue weighted by molar-refractivity contribution is 7.99. The molecule has 0 radical (unpaired) electrons. The first kappa shape index (κ1) is 21.6. The van der Waals surface area contributed by atoms with Gasteiger partial charge in [-0.15, -0.1) is 22.7 Å². The number of fused-ring (bicyclic) bond motifs is 1. The quantitative estimate of drug-likeness (QED) is 0.430. The number of hydrogen-bond donors (Lipinski definition) is 1. The second kappa shape index (κ2) is 8.69. The molecule has 3 aromatic rings. The zero-order valence-corrected chi connectivity index (χ0v) is 19.1. The predicted molar refractivity (Wildman–Crippen MR) is 121 cm³/mol. The van der Waals surface area contributed by atoms with Crippen LogP contribution in [-0.4, -0.2) is 26.8 Å². The lowest BCUT2D eigenvalue weighted by molar-refractivity contribution is -0.120. The van der Waals surface area contributed by atoms with E-state index in [1.807, 2.05) is 43.7 Å². The van der Waals surface area contributed by atoms with Gasteiger partial charge in [-0.1, -0.05) is 31.7 Å². The number of thioether (sulfide) groups is 1. The minimum absolute atomic E-state index is 0.0217. The molecule has 1 amide bonds. The van der Waals surface area contributed by atoms with E-state index in [9.17, 15) is 14.9 Å². The lowest BCUT2D eigenvalue weighted by Crippen LogP contribution is -2.49. The molecule has 1 unspecified atom stereocenters. The van der Waals surface area contributed by atoms with Gasteiger partial charge in [0, 0.05) is 22.4 Å². The molecular formula is C20H22N4O2S3. The molecule has 1 N–H and O–H groups in total. The van der Waals surface area contributed by atoms with Crippen molar-refractivity contribution in [2.45, 2.75) is 44.9 Å². The number of carbonyl (C=O) groups is 1. The number of nitrogens with zero attached hydrogens (tertiary/aromatic N) is 3. The molecule has 0 aliphatic heterocycles. The molecule has 3 rings (SSSR count). The highest BCUT2D eigenvalue weighted by Gasteiger charge is 2.30. The Morgan fingerprint density at radius 2 is 2.21 bits per heavy atom. The van der Waals surface area contributed by atoms with Gasteiger partial charge in [-0.25, -0.2) is 4.98 Å². The monoisotopic (exact) mass is 446 g/mol. The third kappa shape index (κ3) is 4.25. The average molecular weight is 447 g/mol. The summed E-state index contributed by atoms with van der Waals surface area (Å²) in [7, 11) is 0. The molecule has 3 heterocycles. The van der Waals surface area contributed by atoms with Crippen LogP contribution in [0.2, 0.25) is 0 Å². The van der Waals surface area contributed by atoms with Crippen LogP contribution in [0.3, 0.4) is 0 Å². The smallest absolute Gasteiger partial charge is 0.263 e. The lowest BCUT2D eigenvalue weighted by Gasteiger charge is -2.27. The largest absolute Gasteiger partial charge is 0.337 e. The fraction of sp³-hybridized carbons (Fsp3) is 0.400. The van der Waals surface area contributed by atoms with Crippen molar-refractivity contribution in [1.82, 2.24) is 14.9 Å². The Balaban J connectivity index is 1.88. The molecule has 0 saturated carbocycles. The number of hydrogen-bond acceptors (Lipinski definition) is 7. The van der Waals surface area contributed by atoms with Crippen LogP contribution >= 0.6 is 34.4 Å². The minimum Gasteiger partial charge on any atom is -0.337 e. The standard InChI is InChI=1S/C20H22N4O2S3/c1-5-24-18(26)16-13(14-7-6-8-27-14)9-28-17(16)22-19(24)29-10-15(25)23-20(4,11-21)12(2)3/h6-9,12H,5,10H2,1-4H3,(H,23,25). The zero-order chi connectivity index (χ0) is 21.2. The van der Waals surface area contributed by atoms with Crippen molar-refractivity contribution in [3.05, 3.63) is 33.2 Å². The van der Waals surface area contributed by atoms with Crippen LogP contribution in [0.15, 0.2) is 32.8 Å². The molecule has 0 aromatic carbocycles. The highest BCUT2D eigenvalue weighted by atomic mass is 32.2. The second-order valence-electron chi connectivity index (χ2n) is 7.06. The molecule has 0 saturated heterocycles. The third-order valence-electron chi connectivity index (χ3n) is 4.88. The third-order valence-corrected chi connectivity index (χ3v) is 7.63. The maximum atomic E-state index is 13.1. The van der Waals surface area contributed by atoms with Crippen molar-refractivity contribution in [2.75, 3.05) is 5.75 Å². The first-order valence-electron chi connectivity index (χ1n) is 9.21. The van der Waals surface area contributed by atoms with Crippen LogP contribution in [0.5, 0.6) is 0 Å². The minimum atomic E-state index is -0.928. The van der Waals surface area contributed by atoms with Crippen molar-refractivity contribution in [2.24, 2.45) is 5.92 Å². The van der Waals surface area contributed by atoms with E-state index in [0.29, 0.717) is 21.9 Å². The predicted octanol–water partition coefficient (Wildman–Crippen LogP) is 4.35. The topological polar surface area (TPSA) is 87.8 Å². The van der Waals surface area contributed by atoms with E-state index in [1.54, 1.807) is 22.8 Å². The highest BCUT2D eigenvalue weighted by Crippen LogP contribution is 2.34. The van der Waals surface area contributed by atoms with Gasteiger partial charge in [-0.3, -0.25) is 14.2 Å². The maximum Gasteiger partial charge on any atom is 0.263 e. The Bertz CT molecular complexity index is 1130. The molecule has 0 bridgehead atoms. The fourth-order valence-electron chi connectivity index (χ4n) is 2.77. The van der Waals surface area contributed by atoms with Gasteiger partial charge in [0.05, 0.1) is 17.2 Å². The molecule has 1 atom stereocenters. The molecule has 0 aliphatic rings. The summed E-state index contributed by atoms with van der Waals surface area (Å²) in [4.78, 5) is 31.9. The van der Waals surface area contributed by atoms with Gasteiger partial charge in [-0.2, -0.15) is 5.26 Å². The van der Waals surface area contributed by atoms with Crippen molar-refractivity contribution in [3.8, 4) is 16.5 Å². The lowest BCUT2D eigenvalue weighted by atomic mass is 9.90. The fourth-order valence-corrected chi connectivity index (χ4v) is 5.43. The summed E-state index contributed by atoms with van der Waals surface area (Å²) in [6.07, 6.45) is 0. The number of nitriles is 1. The van der Waals surface area contributed by atoms with E-state index in [2.05, 4.69) is 16.4 Å². The molecule has 29 heavy (non-hydrogen) atoms. The summed E-state index contributed by atoms with van der Waals surface area (Å²) < 4.78 is 1.61. The number of rotatable bonds is 7. The van der Waals surface area contributed by atoms with Gasteiger partial charge in [0.15, 0.2) is 5.16 Å². The van der Waals surface area contributed by atoms with Crippen molar-refractivity contribution in [1.29, 1.82) is 5.26 Å². The number of thiophene rings is 2. The van der Waals surface area contributed by atoms with Crippen LogP contribution in [0.4, 0.5) is 0 Å². The van der Waals surface area contributed by atoms with Crippen LogP contribution < -0.4 is 10.9 Å². The Labute approximate surface area is 181 Å². The van der Waals surface area contributed by atoms with Gasteiger partial charge >= 0.3 is 0 Å². The Morgan fingerprint density at radius 3 is 2.79 bits per heavy atom. The average Bonchev–Trinajstić information content (AvgIpc) is 3.35. The number of nitrogens with one attached hydrogen (secondary N) is 1. The van der Waals surface area contributed by atoms with Crippen LogP contribution in [0, 0.1) is 17.2 Å². The normalized spacial score (nSPS) is 13.4. The van der Waals surface area contributed by atoms with Gasteiger partial charge in [0.2, 0.25) is 5.91 Å². The Kier molecular flexibility index (Phi) is 6.46. The van der Waals surface area contributed by atoms with Crippen molar-refractivity contribution in [3.63, 3.8) is 0 Å². The molecule has 0 spiro atoms. The van der Waals surface area contributed by atoms with Gasteiger partial charge in [-0.05, 0) is 31.2 Å². The maximum absolute atomic E-state index is 13.1. The molecule has 0 fully saturated rings. The number of aromatic nitrogens is 2. The Hall–Kier alpha value is -2.15. The van der Waals surface area contributed by atoms with E-state index < -0.39 is 5.54 Å². The summed E-state index contributed by atoms with van der Waals surface area (Å²) >= 11 is 4.25. The van der Waals surface area contributed by atoms with Crippen molar-refractivity contribution < 1.29 is 4.79 Å². The SMILES string of the molecule is CCn1c(SCC(=O)NC(C)(C#N)C(C)C)nc2scc(-c3cccs3)c2c1=O. The van der Waals surface area contributed by atoms with E-state index in [0.717, 1.165) is 10.4 Å². The molecular weight excluding hydrogens is 424 g/mol. The van der Waals surface area contributed by atoms with E-state index in [4.69, 9.17) is 0 Å². The summed E-state index contributed by atoms with van der Waals surface area (Å²) in [5.41, 5.74) is -0.104. The van der Waals surface area contributed by atoms with E-state index >= 15 is 0 Å². The number of amides is 1. The van der Waals surface area contributed by atoms with E-state index in [1.165, 1.54) is 23.1 Å². The van der Waals surface area contributed by atoms with Gasteiger partial charge < -0.3 is 5.32 Å². The number of carbonyl (C=O) groups excluding carboxylic acids is 1. The molecule has 152 valence electrons. The second-order valence-corrected chi connectivity index (χ2v) is 9.80. The summed E-state index contributed by atoms with van der Waals surface area (Å²) in [5.74, 6) is -0.188. The van der Waals surface area contributed by atoms with Crippen molar-refractivity contribution >= 4 is 50.6 Å². The molecule has 9 heteroatoms. The molecule has 6 nitrogen and oxygen atoms in total. The Morgan fingerprint density at radius 1 is 1.45 bits per heavy atom. The van der Waals surface area contributed by atoms with Crippen LogP contribution in [-0.2, 0) is 11.3 Å². The zero-order valence-electron chi connectivity index (χ0n) is 16.7. The van der Waals surface area contributed by atoms with Crippen LogP contribution in [0.25, 0.3) is 20.7 Å². The van der Waals surface area contributed by atoms with Gasteiger partial charge in [0.1, 0.15) is 10.4 Å². The first-order chi connectivity index (χ1) is 13.8. The van der Waals surface area contributed by atoms with E-state index in [-0.39, 0.29) is 23.1 Å². The summed E-state index contributed by atoms with van der Waals surface area (Å²) in [5, 5.41) is 17.3. The summed E-state index contributed by atoms with van der Waals surface area (Å²) in [6.45, 7) is 7.85. The molecule has 0 aliphatic carbocycles. The first-order valence-corrected chi connectivity index (χ1v) is 12.0. The van der Waals surface area contributed by atoms with Gasteiger partial charge in [0.25, 0.3) is 5.56 Å². The summed E-state index contributed by atoms with van der Waals surface area (Å²) in [6, 6.07) is 6.13. The van der Waals surface area contributed by atoms with Crippen LogP contribution in [0.1, 0.15) is 27.7 Å². The molecule has 3 aromatic heterocycles.